The molecule has 0 bridgehead atoms. The minimum absolute atomic E-state index is 0.0444. The third-order valence-corrected chi connectivity index (χ3v) is 10.1. The summed E-state index contributed by atoms with van der Waals surface area (Å²) >= 11 is 5.71. The molecule has 1 aromatic heterocycles. The number of aromatic nitrogens is 1. The number of halogens is 1. The van der Waals surface area contributed by atoms with E-state index in [2.05, 4.69) is 20.9 Å². The predicted molar refractivity (Wildman–Crippen MR) is 149 cm³/mol. The molecule has 2 fully saturated rings. The number of anilines is 1. The molecule has 8 nitrogen and oxygen atoms in total. The number of carbonyl (C=O) groups excluding carboxylic acids is 3. The number of hydrogen-bond donors (Lipinski definition) is 1. The average molecular weight is 615 g/mol. The molecule has 3 aliphatic heterocycles. The lowest BCUT2D eigenvalue weighted by Gasteiger charge is -2.30. The zero-order chi connectivity index (χ0) is 26.4. The van der Waals surface area contributed by atoms with Crippen LogP contribution < -0.4 is 14.5 Å². The van der Waals surface area contributed by atoms with E-state index in [1.54, 1.807) is 30.3 Å². The first-order chi connectivity index (χ1) is 18.4. The van der Waals surface area contributed by atoms with Crippen molar-refractivity contribution in [2.45, 2.75) is 35.5 Å². The summed E-state index contributed by atoms with van der Waals surface area (Å²) in [6, 6.07) is 14.4. The molecule has 0 aliphatic carbocycles. The zero-order valence-corrected chi connectivity index (χ0v) is 23.4. The van der Waals surface area contributed by atoms with Gasteiger partial charge in [-0.2, -0.15) is 0 Å². The van der Waals surface area contributed by atoms with Crippen molar-refractivity contribution in [1.29, 1.82) is 0 Å². The van der Waals surface area contributed by atoms with E-state index in [4.69, 9.17) is 4.74 Å². The largest absolute Gasteiger partial charge is 0.484 e. The number of benzene rings is 2. The molecule has 11 heteroatoms. The third-order valence-electron chi connectivity index (χ3n) is 7.20. The van der Waals surface area contributed by atoms with E-state index in [-0.39, 0.29) is 29.2 Å². The third kappa shape index (κ3) is 4.60. The van der Waals surface area contributed by atoms with Gasteiger partial charge < -0.3 is 14.6 Å². The first-order valence-corrected chi connectivity index (χ1v) is 14.9. The Bertz CT molecular complexity index is 1460. The van der Waals surface area contributed by atoms with Gasteiger partial charge in [0, 0.05) is 28.4 Å². The smallest absolute Gasteiger partial charge is 0.305 e. The molecular weight excluding hydrogens is 590 g/mol. The summed E-state index contributed by atoms with van der Waals surface area (Å²) in [4.78, 5) is 58.8. The number of likely N-dealkylation sites (tertiary alicyclic amines) is 1. The normalized spacial score (nSPS) is 22.8. The molecule has 2 saturated heterocycles. The second kappa shape index (κ2) is 10.3. The molecule has 6 rings (SSSR count). The zero-order valence-electron chi connectivity index (χ0n) is 20.2. The minimum atomic E-state index is -0.680. The highest BCUT2D eigenvalue weighted by Gasteiger charge is 2.56. The Morgan fingerprint density at radius 2 is 1.79 bits per heavy atom. The highest BCUT2D eigenvalue weighted by Crippen LogP contribution is 2.53. The van der Waals surface area contributed by atoms with Gasteiger partial charge in [-0.05, 0) is 61.2 Å². The van der Waals surface area contributed by atoms with E-state index in [1.807, 2.05) is 23.1 Å². The standard InChI is InChI=1S/C27H24BrN3O5S2/c28-16-7-9-17(10-8-16)31-25(33)21-20(22-24(29-27(35)38-22)37-23(21)26(31)34)15-5-4-6-18(13-15)36-14-19(32)30-11-2-1-3-12-30/h4-10,13,20-21,23H,1-3,11-12,14H2,(H,29,35). The number of nitrogens with zero attached hydrogens (tertiary/aromatic N) is 2. The van der Waals surface area contributed by atoms with Crippen molar-refractivity contribution in [3.8, 4) is 5.75 Å². The summed E-state index contributed by atoms with van der Waals surface area (Å²) in [6.07, 6.45) is 3.16. The lowest BCUT2D eigenvalue weighted by molar-refractivity contribution is -0.134. The number of ether oxygens (including phenoxy) is 1. The van der Waals surface area contributed by atoms with Crippen LogP contribution >= 0.6 is 39.0 Å². The molecule has 3 aliphatic rings. The van der Waals surface area contributed by atoms with Crippen LogP contribution in [-0.2, 0) is 14.4 Å². The summed E-state index contributed by atoms with van der Waals surface area (Å²) in [6.45, 7) is 1.45. The number of hydrogen-bond acceptors (Lipinski definition) is 7. The molecule has 196 valence electrons. The highest BCUT2D eigenvalue weighted by molar-refractivity contribution is 9.10. The number of aromatic amines is 1. The van der Waals surface area contributed by atoms with Crippen LogP contribution in [-0.4, -0.2) is 52.6 Å². The van der Waals surface area contributed by atoms with Gasteiger partial charge in [-0.25, -0.2) is 4.90 Å². The van der Waals surface area contributed by atoms with Crippen molar-refractivity contribution in [2.75, 3.05) is 24.6 Å². The van der Waals surface area contributed by atoms with Crippen molar-refractivity contribution in [2.24, 2.45) is 5.92 Å². The van der Waals surface area contributed by atoms with E-state index in [9.17, 15) is 19.2 Å². The Hall–Kier alpha value is -2.89. The maximum atomic E-state index is 13.8. The lowest BCUT2D eigenvalue weighted by Crippen LogP contribution is -2.38. The average Bonchev–Trinajstić information content (AvgIpc) is 3.42. The number of thiazole rings is 1. The van der Waals surface area contributed by atoms with E-state index in [1.165, 1.54) is 16.7 Å². The molecule has 3 amide bonds. The van der Waals surface area contributed by atoms with Gasteiger partial charge >= 0.3 is 4.87 Å². The molecular formula is C27H24BrN3O5S2. The summed E-state index contributed by atoms with van der Waals surface area (Å²) < 4.78 is 6.72. The predicted octanol–water partition coefficient (Wildman–Crippen LogP) is 4.39. The summed E-state index contributed by atoms with van der Waals surface area (Å²) in [5, 5.41) is -0.0456. The number of fused-ring (bicyclic) bond motifs is 2. The summed E-state index contributed by atoms with van der Waals surface area (Å²) in [5.41, 5.74) is 1.28. The number of thioether (sulfide) groups is 1. The summed E-state index contributed by atoms with van der Waals surface area (Å²) in [7, 11) is 0. The Morgan fingerprint density at radius 3 is 2.55 bits per heavy atom. The molecule has 38 heavy (non-hydrogen) atoms. The fraction of sp³-hybridized carbons (Fsp3) is 0.333. The number of carbonyl (C=O) groups is 3. The van der Waals surface area contributed by atoms with Gasteiger partial charge in [-0.1, -0.05) is 51.2 Å². The van der Waals surface area contributed by atoms with Crippen LogP contribution in [0.4, 0.5) is 5.69 Å². The van der Waals surface area contributed by atoms with Crippen molar-refractivity contribution in [1.82, 2.24) is 9.88 Å². The number of imide groups is 1. The fourth-order valence-corrected chi connectivity index (χ4v) is 8.18. The second-order valence-electron chi connectivity index (χ2n) is 9.54. The fourth-order valence-electron chi connectivity index (χ4n) is 5.40. The number of rotatable bonds is 5. The maximum absolute atomic E-state index is 13.8. The van der Waals surface area contributed by atoms with Crippen molar-refractivity contribution < 1.29 is 19.1 Å². The first kappa shape index (κ1) is 25.4. The number of H-pyrrole nitrogens is 1. The Balaban J connectivity index is 1.32. The van der Waals surface area contributed by atoms with Crippen LogP contribution in [0.3, 0.4) is 0 Å². The van der Waals surface area contributed by atoms with Crippen LogP contribution in [0.15, 0.2) is 62.8 Å². The molecule has 2 aromatic carbocycles. The van der Waals surface area contributed by atoms with Crippen LogP contribution in [0.1, 0.15) is 35.6 Å². The topological polar surface area (TPSA) is 99.8 Å². The first-order valence-electron chi connectivity index (χ1n) is 12.4. The van der Waals surface area contributed by atoms with Gasteiger partial charge in [-0.15, -0.1) is 0 Å². The Morgan fingerprint density at radius 1 is 1.03 bits per heavy atom. The summed E-state index contributed by atoms with van der Waals surface area (Å²) in [5.74, 6) is -1.31. The monoisotopic (exact) mass is 613 g/mol. The molecule has 0 saturated carbocycles. The van der Waals surface area contributed by atoms with Gasteiger partial charge in [0.2, 0.25) is 11.8 Å². The molecule has 4 heterocycles. The molecule has 3 unspecified atom stereocenters. The molecule has 3 aromatic rings. The highest BCUT2D eigenvalue weighted by atomic mass is 79.9. The number of piperidine rings is 1. The maximum Gasteiger partial charge on any atom is 0.305 e. The molecule has 3 atom stereocenters. The van der Waals surface area contributed by atoms with Gasteiger partial charge in [-0.3, -0.25) is 19.2 Å². The molecule has 0 spiro atoms. The van der Waals surface area contributed by atoms with Crippen LogP contribution in [0.2, 0.25) is 0 Å². The van der Waals surface area contributed by atoms with Gasteiger partial charge in [0.05, 0.1) is 16.6 Å². The van der Waals surface area contributed by atoms with Gasteiger partial charge in [0.15, 0.2) is 6.61 Å². The van der Waals surface area contributed by atoms with Gasteiger partial charge in [0.25, 0.3) is 5.91 Å². The van der Waals surface area contributed by atoms with E-state index < -0.39 is 17.1 Å². The van der Waals surface area contributed by atoms with Gasteiger partial charge in [0.1, 0.15) is 11.0 Å². The Labute approximate surface area is 235 Å². The lowest BCUT2D eigenvalue weighted by atomic mass is 9.83. The quantitative estimate of drug-likeness (QED) is 0.429. The van der Waals surface area contributed by atoms with E-state index >= 15 is 0 Å². The van der Waals surface area contributed by atoms with Crippen LogP contribution in [0.25, 0.3) is 0 Å². The van der Waals surface area contributed by atoms with Crippen LogP contribution in [0, 0.1) is 5.92 Å². The second-order valence-corrected chi connectivity index (χ2v) is 12.6. The molecule has 1 N–H and O–H groups in total. The van der Waals surface area contributed by atoms with E-state index in [0.717, 1.165) is 58.6 Å². The van der Waals surface area contributed by atoms with Crippen molar-refractivity contribution in [3.05, 3.63) is 73.1 Å². The SMILES string of the molecule is O=C(COc1cccc(C2c3sc(=O)[nH]c3SC3C(=O)N(c4ccc(Br)cc4)C(=O)C32)c1)N1CCCCC1. The van der Waals surface area contributed by atoms with E-state index in [0.29, 0.717) is 16.5 Å². The van der Waals surface area contributed by atoms with Crippen molar-refractivity contribution in [3.63, 3.8) is 0 Å². The minimum Gasteiger partial charge on any atom is -0.484 e. The molecule has 0 radical (unpaired) electrons. The van der Waals surface area contributed by atoms with Crippen LogP contribution in [0.5, 0.6) is 5.75 Å². The van der Waals surface area contributed by atoms with Crippen molar-refractivity contribution >= 4 is 62.4 Å². The number of nitrogens with one attached hydrogen (secondary N) is 1. The number of amides is 3. The Kier molecular flexibility index (Phi) is 6.92.